The number of nitrogens with one attached hydrogen (secondary N) is 1. The summed E-state index contributed by atoms with van der Waals surface area (Å²) in [5, 5.41) is 29.8. The van der Waals surface area contributed by atoms with Gasteiger partial charge in [0, 0.05) is 30.0 Å². The van der Waals surface area contributed by atoms with Crippen molar-refractivity contribution in [1.82, 2.24) is 5.01 Å². The predicted molar refractivity (Wildman–Crippen MR) is 268 cm³/mol. The lowest BCUT2D eigenvalue weighted by atomic mass is 9.91. The van der Waals surface area contributed by atoms with Crippen LogP contribution in [0.4, 0.5) is 27.5 Å². The number of hydrazine groups is 1. The Balaban J connectivity index is 1.27. The number of nitro benzene ring substituents is 1. The van der Waals surface area contributed by atoms with E-state index < -0.39 is 39.6 Å². The molecule has 0 radical (unpaired) electrons. The Morgan fingerprint density at radius 2 is 1.45 bits per heavy atom. The first-order valence-corrected chi connectivity index (χ1v) is 23.8. The molecule has 1 aliphatic heterocycles. The molecule has 4 amide bonds. The van der Waals surface area contributed by atoms with Gasteiger partial charge in [-0.15, -0.1) is 0 Å². The molecule has 2 N–H and O–H groups in total. The van der Waals surface area contributed by atoms with Gasteiger partial charge in [0.15, 0.2) is 5.75 Å². The van der Waals surface area contributed by atoms with E-state index in [0.717, 1.165) is 40.8 Å². The molecular weight excluding hydrogens is 879 g/mol. The van der Waals surface area contributed by atoms with Crippen molar-refractivity contribution < 1.29 is 43.4 Å². The Hall–Kier alpha value is -7.16. The molecule has 0 aromatic heterocycles. The molecule has 1 aliphatic rings. The normalized spacial score (nSPS) is 14.7. The highest BCUT2D eigenvalue weighted by molar-refractivity contribution is 6.12. The molecule has 6 rings (SSSR count). The van der Waals surface area contributed by atoms with Crippen LogP contribution in [0.25, 0.3) is 10.8 Å². The zero-order chi connectivity index (χ0) is 49.9. The number of urea groups is 1. The van der Waals surface area contributed by atoms with Gasteiger partial charge in [0.2, 0.25) is 0 Å². The summed E-state index contributed by atoms with van der Waals surface area (Å²) in [5.74, 6) is -1.62. The number of nitrogens with zero attached hydrogens (tertiary/aromatic N) is 4. The molecule has 69 heavy (non-hydrogen) atoms. The first-order chi connectivity index (χ1) is 32.9. The number of aryl methyl sites for hydroxylation is 1. The highest BCUT2D eigenvalue weighted by atomic mass is 16.6. The molecule has 0 aliphatic carbocycles. The van der Waals surface area contributed by atoms with E-state index in [1.165, 1.54) is 75.2 Å². The van der Waals surface area contributed by atoms with Crippen molar-refractivity contribution in [3.8, 4) is 23.0 Å². The third kappa shape index (κ3) is 12.5. The smallest absolute Gasteiger partial charge is 0.350 e. The van der Waals surface area contributed by atoms with Crippen molar-refractivity contribution in [2.75, 3.05) is 42.0 Å². The highest BCUT2D eigenvalue weighted by Gasteiger charge is 2.53. The number of amides is 4. The molecular formula is C54H65N5O10. The van der Waals surface area contributed by atoms with Crippen LogP contribution in [0, 0.1) is 27.9 Å². The zero-order valence-corrected chi connectivity index (χ0v) is 40.8. The number of esters is 1. The van der Waals surface area contributed by atoms with Gasteiger partial charge in [0.05, 0.1) is 46.1 Å². The maximum absolute atomic E-state index is 14.8. The Morgan fingerprint density at radius 1 is 0.826 bits per heavy atom. The van der Waals surface area contributed by atoms with Gasteiger partial charge < -0.3 is 24.6 Å². The van der Waals surface area contributed by atoms with Gasteiger partial charge in [-0.2, -0.15) is 5.01 Å². The van der Waals surface area contributed by atoms with Crippen LogP contribution < -0.4 is 24.7 Å². The van der Waals surface area contributed by atoms with Gasteiger partial charge in [-0.1, -0.05) is 113 Å². The topological polar surface area (TPSA) is 181 Å². The van der Waals surface area contributed by atoms with E-state index >= 15 is 0 Å². The minimum atomic E-state index is -1.37. The number of hydrogen-bond acceptors (Lipinski definition) is 11. The number of para-hydroxylation sites is 1. The molecule has 366 valence electrons. The largest absolute Gasteiger partial charge is 0.506 e. The number of phenols is 1. The van der Waals surface area contributed by atoms with Crippen molar-refractivity contribution in [1.29, 1.82) is 0 Å². The lowest BCUT2D eigenvalue weighted by molar-refractivity contribution is -0.384. The molecule has 0 saturated carbocycles. The van der Waals surface area contributed by atoms with E-state index in [1.807, 2.05) is 13.0 Å². The van der Waals surface area contributed by atoms with Crippen LogP contribution in [0.2, 0.25) is 0 Å². The number of ether oxygens (including phenoxy) is 3. The minimum Gasteiger partial charge on any atom is -0.506 e. The van der Waals surface area contributed by atoms with Crippen LogP contribution >= 0.6 is 0 Å². The zero-order valence-electron chi connectivity index (χ0n) is 40.8. The quantitative estimate of drug-likeness (QED) is 0.0309. The van der Waals surface area contributed by atoms with Gasteiger partial charge >= 0.3 is 12.0 Å². The average Bonchev–Trinajstić information content (AvgIpc) is 3.60. The van der Waals surface area contributed by atoms with E-state index in [0.29, 0.717) is 29.1 Å². The highest BCUT2D eigenvalue weighted by Crippen LogP contribution is 2.43. The molecule has 1 fully saturated rings. The first kappa shape index (κ1) is 51.2. The number of unbranched alkanes of at least 4 members (excludes halogenated alkanes) is 9. The SMILES string of the molecule is CCCCCCCCCCCCOc1ccc(C)cc1NC(=O)c1cc(Oc2ccc([N+](=O)[O-])cc2N(C)C(=O)N2C(=O)C(C)(COC(=O)C(C)(C)C)CN2c2ccccc2)c2ccccc2c1O. The van der Waals surface area contributed by atoms with Gasteiger partial charge in [0.25, 0.3) is 17.5 Å². The fraction of sp³-hybridized carbons (Fsp3) is 0.407. The van der Waals surface area contributed by atoms with E-state index in [2.05, 4.69) is 12.2 Å². The number of imide groups is 1. The van der Waals surface area contributed by atoms with Crippen LogP contribution in [0.1, 0.15) is 115 Å². The Labute approximate surface area is 404 Å². The fourth-order valence-electron chi connectivity index (χ4n) is 8.12. The standard InChI is InChI=1S/C54H65N5O10/c1-8-9-10-11-12-13-14-15-16-22-31-67-45-29-27-37(2)32-43(45)55-49(61)42-34-47(40-25-20-21-26-41(40)48(42)60)69-46-30-28-39(59(65)66)33-44(46)56(7)52(64)58-50(62)54(6,36-68-51(63)53(3,4)5)35-57(58)38-23-18-17-19-24-38/h17-21,23-30,32-34,60H,8-16,22,31,35-36H2,1-7H3,(H,55,61). The predicted octanol–water partition coefficient (Wildman–Crippen LogP) is 12.5. The Bertz CT molecular complexity index is 2650. The Morgan fingerprint density at radius 3 is 2.10 bits per heavy atom. The molecule has 5 aromatic rings. The van der Waals surface area contributed by atoms with E-state index in [-0.39, 0.29) is 52.7 Å². The summed E-state index contributed by atoms with van der Waals surface area (Å²) >= 11 is 0. The second-order valence-electron chi connectivity index (χ2n) is 19.1. The van der Waals surface area contributed by atoms with Gasteiger partial charge in [0.1, 0.15) is 29.3 Å². The summed E-state index contributed by atoms with van der Waals surface area (Å²) < 4.78 is 18.3. The molecule has 1 atom stereocenters. The summed E-state index contributed by atoms with van der Waals surface area (Å²) in [6.07, 6.45) is 11.9. The third-order valence-corrected chi connectivity index (χ3v) is 12.2. The summed E-state index contributed by atoms with van der Waals surface area (Å²) in [6.45, 7) is 10.9. The molecule has 15 nitrogen and oxygen atoms in total. The fourth-order valence-corrected chi connectivity index (χ4v) is 8.12. The van der Waals surface area contributed by atoms with Crippen molar-refractivity contribution >= 4 is 57.3 Å². The number of nitro groups is 1. The van der Waals surface area contributed by atoms with Crippen LogP contribution in [-0.4, -0.2) is 65.7 Å². The van der Waals surface area contributed by atoms with Crippen molar-refractivity contribution in [2.24, 2.45) is 10.8 Å². The van der Waals surface area contributed by atoms with Crippen molar-refractivity contribution in [2.45, 2.75) is 106 Å². The summed E-state index contributed by atoms with van der Waals surface area (Å²) in [4.78, 5) is 68.9. The van der Waals surface area contributed by atoms with Crippen LogP contribution in [-0.2, 0) is 14.3 Å². The number of non-ortho nitro benzene ring substituents is 1. The van der Waals surface area contributed by atoms with Crippen LogP contribution in [0.5, 0.6) is 23.0 Å². The molecule has 1 unspecified atom stereocenters. The molecule has 5 aromatic carbocycles. The summed E-state index contributed by atoms with van der Waals surface area (Å²) in [6, 6.07) is 25.1. The average molecular weight is 944 g/mol. The summed E-state index contributed by atoms with van der Waals surface area (Å²) in [5.41, 5.74) is -1.01. The van der Waals surface area contributed by atoms with E-state index in [9.17, 15) is 34.4 Å². The van der Waals surface area contributed by atoms with E-state index in [4.69, 9.17) is 14.2 Å². The maximum Gasteiger partial charge on any atom is 0.350 e. The van der Waals surface area contributed by atoms with Crippen molar-refractivity contribution in [3.05, 3.63) is 118 Å². The molecule has 0 spiro atoms. The van der Waals surface area contributed by atoms with Crippen LogP contribution in [0.15, 0.2) is 97.1 Å². The number of aromatic hydroxyl groups is 1. The second kappa shape index (κ2) is 22.8. The number of benzene rings is 5. The Kier molecular flexibility index (Phi) is 16.9. The third-order valence-electron chi connectivity index (χ3n) is 12.2. The first-order valence-electron chi connectivity index (χ1n) is 23.8. The second-order valence-corrected chi connectivity index (χ2v) is 19.1. The lowest BCUT2D eigenvalue weighted by Crippen LogP contribution is -2.50. The number of anilines is 3. The number of carbonyl (C=O) groups is 4. The molecule has 15 heteroatoms. The number of fused-ring (bicyclic) bond motifs is 1. The van der Waals surface area contributed by atoms with Gasteiger partial charge in [-0.25, -0.2) is 4.79 Å². The maximum atomic E-state index is 14.8. The number of rotatable bonds is 21. The number of hydrogen-bond donors (Lipinski definition) is 2. The van der Waals surface area contributed by atoms with Gasteiger partial charge in [-0.3, -0.25) is 34.4 Å². The lowest BCUT2D eigenvalue weighted by Gasteiger charge is -2.31. The summed E-state index contributed by atoms with van der Waals surface area (Å²) in [7, 11) is 1.35. The molecule has 1 saturated heterocycles. The molecule has 1 heterocycles. The monoisotopic (exact) mass is 943 g/mol. The van der Waals surface area contributed by atoms with Crippen LogP contribution in [0.3, 0.4) is 0 Å². The van der Waals surface area contributed by atoms with Gasteiger partial charge in [-0.05, 0) is 83.0 Å². The molecule has 0 bridgehead atoms. The van der Waals surface area contributed by atoms with Crippen molar-refractivity contribution in [3.63, 3.8) is 0 Å². The number of carbonyl (C=O) groups excluding carboxylic acids is 4. The minimum absolute atomic E-state index is 0.0367. The number of phenolic OH excluding ortho intramolecular Hbond substituents is 1. The van der Waals surface area contributed by atoms with E-state index in [1.54, 1.807) is 94.4 Å².